The highest BCUT2D eigenvalue weighted by Gasteiger charge is 2.03. The van der Waals surface area contributed by atoms with E-state index < -0.39 is 0 Å². The maximum atomic E-state index is 11.0. The minimum Gasteiger partial charge on any atom is -0.469 e. The molecule has 0 aliphatic heterocycles. The smallest absolute Gasteiger partial charge is 0.309 e. The van der Waals surface area contributed by atoms with E-state index in [9.17, 15) is 9.59 Å². The van der Waals surface area contributed by atoms with Crippen LogP contribution in [0.15, 0.2) is 58.3 Å². The SMILES string of the molecule is COC(=O)Cc1ccc(SC)cc1.COOSc1ccc(CC(=O)OC)cc1. The topological polar surface area (TPSA) is 71.1 Å². The molecule has 0 aromatic heterocycles. The molecule has 0 aliphatic carbocycles. The summed E-state index contributed by atoms with van der Waals surface area (Å²) in [5.41, 5.74) is 1.90. The van der Waals surface area contributed by atoms with Crippen molar-refractivity contribution >= 4 is 35.7 Å². The van der Waals surface area contributed by atoms with Crippen LogP contribution in [0.4, 0.5) is 0 Å². The first kappa shape index (κ1) is 24.0. The third-order valence-corrected chi connectivity index (χ3v) is 4.85. The zero-order valence-corrected chi connectivity index (χ0v) is 17.9. The maximum Gasteiger partial charge on any atom is 0.309 e. The van der Waals surface area contributed by atoms with E-state index in [0.717, 1.165) is 28.1 Å². The lowest BCUT2D eigenvalue weighted by atomic mass is 10.2. The van der Waals surface area contributed by atoms with Gasteiger partial charge in [-0.3, -0.25) is 9.59 Å². The Kier molecular flexibility index (Phi) is 12.1. The fourth-order valence-corrected chi connectivity index (χ4v) is 2.76. The Bertz CT molecular complexity index is 716. The minimum absolute atomic E-state index is 0.197. The van der Waals surface area contributed by atoms with Crippen LogP contribution >= 0.6 is 23.8 Å². The molecule has 0 N–H and O–H groups in total. The van der Waals surface area contributed by atoms with Gasteiger partial charge < -0.3 is 9.47 Å². The molecule has 2 rings (SSSR count). The first-order valence-electron chi connectivity index (χ1n) is 8.25. The molecule has 0 bridgehead atoms. The lowest BCUT2D eigenvalue weighted by Crippen LogP contribution is -2.03. The van der Waals surface area contributed by atoms with Gasteiger partial charge in [-0.25, -0.2) is 4.89 Å². The molecule has 8 heteroatoms. The van der Waals surface area contributed by atoms with E-state index in [4.69, 9.17) is 0 Å². The number of methoxy groups -OCH3 is 2. The van der Waals surface area contributed by atoms with Crippen LogP contribution in [-0.4, -0.2) is 39.5 Å². The molecule has 0 saturated heterocycles. The van der Waals surface area contributed by atoms with Gasteiger partial charge in [0.2, 0.25) is 0 Å². The predicted octanol–water partition coefficient (Wildman–Crippen LogP) is 4.11. The van der Waals surface area contributed by atoms with Crippen LogP contribution in [-0.2, 0) is 41.1 Å². The highest BCUT2D eigenvalue weighted by Crippen LogP contribution is 2.19. The molecule has 0 atom stereocenters. The highest BCUT2D eigenvalue weighted by atomic mass is 32.2. The summed E-state index contributed by atoms with van der Waals surface area (Å²) < 4.78 is 13.8. The van der Waals surface area contributed by atoms with Gasteiger partial charge in [0, 0.05) is 9.79 Å². The molecule has 0 amide bonds. The molecule has 0 saturated carbocycles. The second-order valence-electron chi connectivity index (χ2n) is 5.32. The van der Waals surface area contributed by atoms with E-state index in [0.29, 0.717) is 6.42 Å². The molecule has 0 unspecified atom stereocenters. The molecule has 0 heterocycles. The van der Waals surface area contributed by atoms with Crippen LogP contribution in [0.25, 0.3) is 0 Å². The van der Waals surface area contributed by atoms with Crippen molar-refractivity contribution < 1.29 is 28.3 Å². The van der Waals surface area contributed by atoms with Gasteiger partial charge in [0.25, 0.3) is 0 Å². The van der Waals surface area contributed by atoms with Crippen molar-refractivity contribution in [1.82, 2.24) is 0 Å². The average Bonchev–Trinajstić information content (AvgIpc) is 2.74. The van der Waals surface area contributed by atoms with Gasteiger partial charge in [0.1, 0.15) is 0 Å². The number of carbonyl (C=O) groups excluding carboxylic acids is 2. The Morgan fingerprint density at radius 2 is 1.18 bits per heavy atom. The summed E-state index contributed by atoms with van der Waals surface area (Å²) >= 11 is 2.80. The quantitative estimate of drug-likeness (QED) is 0.206. The maximum absolute atomic E-state index is 11.0. The van der Waals surface area contributed by atoms with Gasteiger partial charge in [0.15, 0.2) is 0 Å². The monoisotopic (exact) mass is 424 g/mol. The molecule has 0 radical (unpaired) electrons. The number of thioether (sulfide) groups is 1. The normalized spacial score (nSPS) is 9.86. The van der Waals surface area contributed by atoms with Gasteiger partial charge in [0.05, 0.1) is 46.2 Å². The summed E-state index contributed by atoms with van der Waals surface area (Å²) in [5.74, 6) is -0.444. The van der Waals surface area contributed by atoms with Crippen LogP contribution in [0.2, 0.25) is 0 Å². The molecule has 0 spiro atoms. The molecule has 2 aromatic rings. The summed E-state index contributed by atoms with van der Waals surface area (Å²) in [4.78, 5) is 28.4. The van der Waals surface area contributed by atoms with E-state index >= 15 is 0 Å². The van der Waals surface area contributed by atoms with E-state index in [1.54, 1.807) is 11.8 Å². The number of benzene rings is 2. The average molecular weight is 425 g/mol. The zero-order chi connectivity index (χ0) is 20.8. The van der Waals surface area contributed by atoms with Gasteiger partial charge in [-0.2, -0.15) is 4.33 Å². The van der Waals surface area contributed by atoms with E-state index in [-0.39, 0.29) is 18.4 Å². The number of rotatable bonds is 8. The number of hydrogen-bond donors (Lipinski definition) is 0. The third-order valence-electron chi connectivity index (χ3n) is 3.43. The molecule has 2 aromatic carbocycles. The standard InChI is InChI=1S/C10H12O4S.C10H12O2S/c1-12-10(11)7-8-3-5-9(6-4-8)15-14-13-2;1-12-10(11)7-8-3-5-9(13-2)6-4-8/h3-6H,7H2,1-2H3;3-6H,7H2,1-2H3. The van der Waals surface area contributed by atoms with Crippen molar-refractivity contribution in [3.63, 3.8) is 0 Å². The summed E-state index contributed by atoms with van der Waals surface area (Å²) in [7, 11) is 4.22. The van der Waals surface area contributed by atoms with Crippen LogP contribution in [0, 0.1) is 0 Å². The first-order chi connectivity index (χ1) is 13.5. The van der Waals surface area contributed by atoms with Crippen molar-refractivity contribution in [3.05, 3.63) is 59.7 Å². The van der Waals surface area contributed by atoms with Crippen LogP contribution in [0.1, 0.15) is 11.1 Å². The van der Waals surface area contributed by atoms with Gasteiger partial charge in [-0.1, -0.05) is 24.3 Å². The summed E-state index contributed by atoms with van der Waals surface area (Å²) in [6.07, 6.45) is 2.66. The molecule has 0 fully saturated rings. The lowest BCUT2D eigenvalue weighted by Gasteiger charge is -2.01. The number of carbonyl (C=O) groups is 2. The molecular formula is C20H24O6S2. The number of esters is 2. The molecule has 152 valence electrons. The van der Waals surface area contributed by atoms with Crippen molar-refractivity contribution in [3.8, 4) is 0 Å². The zero-order valence-electron chi connectivity index (χ0n) is 16.3. The van der Waals surface area contributed by atoms with Gasteiger partial charge in [-0.05, 0) is 41.6 Å². The third kappa shape index (κ3) is 9.80. The fraction of sp³-hybridized carbons (Fsp3) is 0.300. The van der Waals surface area contributed by atoms with Crippen molar-refractivity contribution in [2.75, 3.05) is 27.6 Å². The first-order valence-corrected chi connectivity index (χ1v) is 10.2. The lowest BCUT2D eigenvalue weighted by molar-refractivity contribution is -0.160. The van der Waals surface area contributed by atoms with Crippen molar-refractivity contribution in [2.45, 2.75) is 22.6 Å². The summed E-state index contributed by atoms with van der Waals surface area (Å²) in [6, 6.07) is 15.3. The largest absolute Gasteiger partial charge is 0.469 e. The van der Waals surface area contributed by atoms with E-state index in [1.807, 2.05) is 54.8 Å². The van der Waals surface area contributed by atoms with E-state index in [1.165, 1.54) is 26.2 Å². The molecule has 28 heavy (non-hydrogen) atoms. The Hall–Kier alpha value is -2.00. The van der Waals surface area contributed by atoms with Crippen LogP contribution in [0.5, 0.6) is 0 Å². The molecular weight excluding hydrogens is 400 g/mol. The summed E-state index contributed by atoms with van der Waals surface area (Å²) in [5, 5.41) is 0. The second-order valence-corrected chi connectivity index (χ2v) is 6.97. The van der Waals surface area contributed by atoms with Crippen molar-refractivity contribution in [1.29, 1.82) is 0 Å². The number of ether oxygens (including phenoxy) is 2. The van der Waals surface area contributed by atoms with Crippen LogP contribution < -0.4 is 0 Å². The van der Waals surface area contributed by atoms with Crippen LogP contribution in [0.3, 0.4) is 0 Å². The van der Waals surface area contributed by atoms with Crippen molar-refractivity contribution in [2.24, 2.45) is 0 Å². The van der Waals surface area contributed by atoms with Gasteiger partial charge in [-0.15, -0.1) is 11.8 Å². The highest BCUT2D eigenvalue weighted by molar-refractivity contribution is 7.98. The minimum atomic E-state index is -0.247. The molecule has 0 aliphatic rings. The predicted molar refractivity (Wildman–Crippen MR) is 110 cm³/mol. The Morgan fingerprint density at radius 3 is 1.54 bits per heavy atom. The Balaban J connectivity index is 0.000000283. The Labute approximate surface area is 174 Å². The molecule has 6 nitrogen and oxygen atoms in total. The second kappa shape index (κ2) is 14.1. The number of hydrogen-bond acceptors (Lipinski definition) is 8. The summed E-state index contributed by atoms with van der Waals surface area (Å²) in [6.45, 7) is 0. The van der Waals surface area contributed by atoms with E-state index in [2.05, 4.69) is 18.7 Å². The Morgan fingerprint density at radius 1 is 0.750 bits per heavy atom. The van der Waals surface area contributed by atoms with Gasteiger partial charge >= 0.3 is 11.9 Å². The fourth-order valence-electron chi connectivity index (χ4n) is 1.96.